The number of nitrogen functional groups attached to an aromatic ring is 1. The van der Waals surface area contributed by atoms with Gasteiger partial charge in [0.05, 0.1) is 17.7 Å². The van der Waals surface area contributed by atoms with Gasteiger partial charge in [-0.1, -0.05) is 30.0 Å². The Bertz CT molecular complexity index is 1280. The number of hydrogen-bond donors (Lipinski definition) is 1. The summed E-state index contributed by atoms with van der Waals surface area (Å²) in [7, 11) is 0. The average Bonchev–Trinajstić information content (AvgIpc) is 3.57. The summed E-state index contributed by atoms with van der Waals surface area (Å²) in [6, 6.07) is 10.4. The fraction of sp³-hybridized carbons (Fsp3) is 0.417. The summed E-state index contributed by atoms with van der Waals surface area (Å²) in [5.41, 5.74) is 8.89. The Morgan fingerprint density at radius 1 is 0.970 bits per heavy atom. The number of nitrogens with two attached hydrogens (primary N) is 1. The molecule has 1 fully saturated rings. The number of nitrogens with zero attached hydrogens (tertiary/aromatic N) is 6. The summed E-state index contributed by atoms with van der Waals surface area (Å²) in [5, 5.41) is 11.1. The highest BCUT2D eigenvalue weighted by Gasteiger charge is 2.22. The zero-order chi connectivity index (χ0) is 22.2. The molecule has 0 saturated carbocycles. The normalized spacial score (nSPS) is 16.5. The van der Waals surface area contributed by atoms with E-state index < -0.39 is 0 Å². The standard InChI is InChI=1S/C24H27N7S2/c25-22-21-17-10-4-5-11-18(17)33-23(21)27-19(26-22)15-32-24-29-28-20(14-30-12-6-7-13-30)31(24)16-8-2-1-3-9-16/h1-3,8-9H,4-7,10-15H2,(H2,25,26,27). The lowest BCUT2D eigenvalue weighted by atomic mass is 9.97. The largest absolute Gasteiger partial charge is 0.383 e. The van der Waals surface area contributed by atoms with Crippen LogP contribution in [0.25, 0.3) is 15.9 Å². The van der Waals surface area contributed by atoms with E-state index in [1.54, 1.807) is 23.1 Å². The Balaban J connectivity index is 1.29. The number of rotatable bonds is 6. The summed E-state index contributed by atoms with van der Waals surface area (Å²) in [4.78, 5) is 14.5. The zero-order valence-corrected chi connectivity index (χ0v) is 20.2. The van der Waals surface area contributed by atoms with Crippen LogP contribution < -0.4 is 5.73 Å². The maximum absolute atomic E-state index is 6.42. The molecule has 0 unspecified atom stereocenters. The molecule has 6 rings (SSSR count). The van der Waals surface area contributed by atoms with Crippen LogP contribution in [-0.4, -0.2) is 42.7 Å². The molecule has 2 N–H and O–H groups in total. The molecule has 0 spiro atoms. The number of anilines is 1. The summed E-state index contributed by atoms with van der Waals surface area (Å²) >= 11 is 3.41. The molecule has 1 aromatic carbocycles. The monoisotopic (exact) mass is 477 g/mol. The summed E-state index contributed by atoms with van der Waals surface area (Å²) in [6.45, 7) is 3.07. The van der Waals surface area contributed by atoms with Crippen molar-refractivity contribution in [3.05, 3.63) is 52.4 Å². The second-order valence-corrected chi connectivity index (χ2v) is 10.8. The zero-order valence-electron chi connectivity index (χ0n) is 18.5. The van der Waals surface area contributed by atoms with Crippen molar-refractivity contribution in [3.63, 3.8) is 0 Å². The lowest BCUT2D eigenvalue weighted by molar-refractivity contribution is 0.319. The second kappa shape index (κ2) is 9.04. The third kappa shape index (κ3) is 4.13. The van der Waals surface area contributed by atoms with Crippen molar-refractivity contribution in [2.24, 2.45) is 0 Å². The lowest BCUT2D eigenvalue weighted by Crippen LogP contribution is -2.21. The minimum Gasteiger partial charge on any atom is -0.383 e. The Labute approximate surface area is 201 Å². The first kappa shape index (κ1) is 21.1. The quantitative estimate of drug-likeness (QED) is 0.406. The Hall–Kier alpha value is -2.49. The van der Waals surface area contributed by atoms with Gasteiger partial charge in [0, 0.05) is 10.6 Å². The van der Waals surface area contributed by atoms with Crippen molar-refractivity contribution in [1.82, 2.24) is 29.6 Å². The van der Waals surface area contributed by atoms with Gasteiger partial charge in [-0.05, 0) is 69.3 Å². The van der Waals surface area contributed by atoms with E-state index in [2.05, 4.69) is 48.9 Å². The van der Waals surface area contributed by atoms with Crippen LogP contribution in [0.5, 0.6) is 0 Å². The van der Waals surface area contributed by atoms with E-state index in [9.17, 15) is 0 Å². The fourth-order valence-corrected chi connectivity index (χ4v) is 7.01. The van der Waals surface area contributed by atoms with Crippen LogP contribution in [0.4, 0.5) is 5.82 Å². The van der Waals surface area contributed by atoms with Gasteiger partial charge in [0.25, 0.3) is 0 Å². The van der Waals surface area contributed by atoms with Crippen molar-refractivity contribution in [2.75, 3.05) is 18.8 Å². The SMILES string of the molecule is Nc1nc(CSc2nnc(CN3CCCC3)n2-c2ccccc2)nc2sc3c(c12)CCCC3. The third-order valence-electron chi connectivity index (χ3n) is 6.50. The maximum atomic E-state index is 6.42. The minimum atomic E-state index is 0.609. The number of hydrogen-bond acceptors (Lipinski definition) is 8. The first-order valence-electron chi connectivity index (χ1n) is 11.7. The highest BCUT2D eigenvalue weighted by Crippen LogP contribution is 2.38. The van der Waals surface area contributed by atoms with Crippen LogP contribution in [0.2, 0.25) is 0 Å². The molecule has 9 heteroatoms. The minimum absolute atomic E-state index is 0.609. The van der Waals surface area contributed by atoms with Gasteiger partial charge in [-0.15, -0.1) is 21.5 Å². The molecule has 1 aliphatic carbocycles. The first-order valence-corrected chi connectivity index (χ1v) is 13.5. The van der Waals surface area contributed by atoms with Crippen molar-refractivity contribution in [2.45, 2.75) is 56.0 Å². The number of likely N-dealkylation sites (tertiary alicyclic amines) is 1. The number of fused-ring (bicyclic) bond motifs is 3. The lowest BCUT2D eigenvalue weighted by Gasteiger charge is -2.16. The van der Waals surface area contributed by atoms with Crippen molar-refractivity contribution in [3.8, 4) is 5.69 Å². The summed E-state index contributed by atoms with van der Waals surface area (Å²) in [6.07, 6.45) is 7.23. The topological polar surface area (TPSA) is 85.7 Å². The van der Waals surface area contributed by atoms with Crippen LogP contribution in [0, 0.1) is 0 Å². The van der Waals surface area contributed by atoms with E-state index in [1.165, 1.54) is 36.1 Å². The number of para-hydroxylation sites is 1. The van der Waals surface area contributed by atoms with Gasteiger partial charge in [0.1, 0.15) is 16.5 Å². The van der Waals surface area contributed by atoms with E-state index in [0.29, 0.717) is 11.6 Å². The van der Waals surface area contributed by atoms with Gasteiger partial charge in [0.15, 0.2) is 11.0 Å². The number of thioether (sulfide) groups is 1. The molecule has 2 aliphatic rings. The van der Waals surface area contributed by atoms with E-state index in [4.69, 9.17) is 10.7 Å². The average molecular weight is 478 g/mol. The highest BCUT2D eigenvalue weighted by atomic mass is 32.2. The molecule has 0 bridgehead atoms. The molecule has 4 heterocycles. The van der Waals surface area contributed by atoms with E-state index in [1.807, 2.05) is 6.07 Å². The van der Waals surface area contributed by atoms with Gasteiger partial charge in [-0.25, -0.2) is 9.97 Å². The van der Waals surface area contributed by atoms with Crippen molar-refractivity contribution in [1.29, 1.82) is 0 Å². The molecule has 1 aliphatic heterocycles. The van der Waals surface area contributed by atoms with Crippen LogP contribution in [0.3, 0.4) is 0 Å². The summed E-state index contributed by atoms with van der Waals surface area (Å²) in [5.74, 6) is 2.96. The molecule has 33 heavy (non-hydrogen) atoms. The van der Waals surface area contributed by atoms with E-state index in [0.717, 1.165) is 65.2 Å². The van der Waals surface area contributed by atoms with Crippen LogP contribution >= 0.6 is 23.1 Å². The van der Waals surface area contributed by atoms with Crippen molar-refractivity contribution >= 4 is 39.1 Å². The molecule has 0 atom stereocenters. The van der Waals surface area contributed by atoms with Crippen LogP contribution in [0.15, 0.2) is 35.5 Å². The van der Waals surface area contributed by atoms with Gasteiger partial charge in [0.2, 0.25) is 0 Å². The van der Waals surface area contributed by atoms with Gasteiger partial charge >= 0.3 is 0 Å². The Morgan fingerprint density at radius 2 is 1.79 bits per heavy atom. The summed E-state index contributed by atoms with van der Waals surface area (Å²) < 4.78 is 2.18. The highest BCUT2D eigenvalue weighted by molar-refractivity contribution is 7.98. The molecule has 0 radical (unpaired) electrons. The predicted molar refractivity (Wildman–Crippen MR) is 134 cm³/mol. The molecular formula is C24H27N7S2. The molecule has 4 aromatic rings. The molecular weight excluding hydrogens is 450 g/mol. The molecule has 3 aromatic heterocycles. The second-order valence-electron chi connectivity index (χ2n) is 8.76. The molecule has 0 amide bonds. The predicted octanol–water partition coefficient (Wildman–Crippen LogP) is 4.62. The molecule has 7 nitrogen and oxygen atoms in total. The number of aromatic nitrogens is 5. The van der Waals surface area contributed by atoms with Crippen molar-refractivity contribution < 1.29 is 0 Å². The fourth-order valence-electron chi connectivity index (χ4n) is 4.90. The Morgan fingerprint density at radius 3 is 2.64 bits per heavy atom. The third-order valence-corrected chi connectivity index (χ3v) is 8.61. The maximum Gasteiger partial charge on any atom is 0.196 e. The number of thiophene rings is 1. The number of benzene rings is 1. The smallest absolute Gasteiger partial charge is 0.196 e. The van der Waals surface area contributed by atoms with Crippen LogP contribution in [-0.2, 0) is 25.1 Å². The van der Waals surface area contributed by atoms with Gasteiger partial charge in [-0.3, -0.25) is 9.47 Å². The Kier molecular flexibility index (Phi) is 5.77. The van der Waals surface area contributed by atoms with Crippen LogP contribution in [0.1, 0.15) is 47.8 Å². The first-order chi connectivity index (χ1) is 16.3. The molecule has 170 valence electrons. The van der Waals surface area contributed by atoms with Gasteiger partial charge in [-0.2, -0.15) is 0 Å². The van der Waals surface area contributed by atoms with E-state index >= 15 is 0 Å². The molecule has 1 saturated heterocycles. The van der Waals surface area contributed by atoms with E-state index in [-0.39, 0.29) is 0 Å². The number of aryl methyl sites for hydroxylation is 2. The van der Waals surface area contributed by atoms with Gasteiger partial charge < -0.3 is 5.73 Å².